The van der Waals surface area contributed by atoms with E-state index in [0.717, 1.165) is 11.1 Å². The van der Waals surface area contributed by atoms with Gasteiger partial charge in [-0.3, -0.25) is 0 Å². The Balaban J connectivity index is 1.64. The number of rotatable bonds is 7. The van der Waals surface area contributed by atoms with Crippen LogP contribution in [0.15, 0.2) is 65.8 Å². The molecule has 2 aromatic carbocycles. The number of aliphatic hydroxyl groups excluding tert-OH is 1. The van der Waals surface area contributed by atoms with Gasteiger partial charge in [0.25, 0.3) is 0 Å². The summed E-state index contributed by atoms with van der Waals surface area (Å²) in [7, 11) is 0. The van der Waals surface area contributed by atoms with Crippen LogP contribution in [0.4, 0.5) is 4.79 Å². The Labute approximate surface area is 169 Å². The molecule has 3 rings (SSSR count). The molecule has 1 fully saturated rings. The number of amides is 1. The Morgan fingerprint density at radius 2 is 1.79 bits per heavy atom. The molecule has 0 spiro atoms. The maximum atomic E-state index is 12.8. The highest BCUT2D eigenvalue weighted by Gasteiger charge is 2.31. The topological polar surface area (TPSA) is 108 Å². The number of nitrogens with zero attached hydrogens (tertiary/aromatic N) is 4. The lowest BCUT2D eigenvalue weighted by molar-refractivity contribution is -0.175. The van der Waals surface area contributed by atoms with Crippen molar-refractivity contribution in [2.24, 2.45) is 5.11 Å². The van der Waals surface area contributed by atoms with Gasteiger partial charge in [0, 0.05) is 11.5 Å². The number of hydrogen-bond acceptors (Lipinski definition) is 5. The number of carbonyl (C=O) groups excluding carboxylic acids is 1. The van der Waals surface area contributed by atoms with Gasteiger partial charge >= 0.3 is 6.09 Å². The third-order valence-corrected chi connectivity index (χ3v) is 4.75. The Hall–Kier alpha value is -3.06. The predicted octanol–water partition coefficient (Wildman–Crippen LogP) is 4.00. The Bertz CT molecular complexity index is 827. The second kappa shape index (κ2) is 10.5. The lowest BCUT2D eigenvalue weighted by Crippen LogP contribution is -2.45. The highest BCUT2D eigenvalue weighted by molar-refractivity contribution is 5.67. The molecule has 8 heteroatoms. The number of ether oxygens (including phenoxy) is 2. The minimum absolute atomic E-state index is 0.179. The molecule has 0 bridgehead atoms. The molecule has 152 valence electrons. The van der Waals surface area contributed by atoms with Crippen molar-refractivity contribution in [2.75, 3.05) is 6.54 Å². The maximum Gasteiger partial charge on any atom is 0.410 e. The highest BCUT2D eigenvalue weighted by atomic mass is 16.6. The van der Waals surface area contributed by atoms with Crippen molar-refractivity contribution >= 4 is 6.09 Å². The number of carbonyl (C=O) groups is 1. The summed E-state index contributed by atoms with van der Waals surface area (Å²) < 4.78 is 11.1. The average Bonchev–Trinajstić information content (AvgIpc) is 2.75. The lowest BCUT2D eigenvalue weighted by atomic mass is 10.0. The molecule has 0 aromatic heterocycles. The third-order valence-electron chi connectivity index (χ3n) is 4.75. The van der Waals surface area contributed by atoms with Gasteiger partial charge in [0.05, 0.1) is 18.7 Å². The average molecular weight is 396 g/mol. The summed E-state index contributed by atoms with van der Waals surface area (Å²) in [5.74, 6) is 0. The largest absolute Gasteiger partial charge is 0.445 e. The van der Waals surface area contributed by atoms with E-state index in [1.54, 1.807) is 4.90 Å². The molecule has 1 amide bonds. The number of hydrogen-bond donors (Lipinski definition) is 1. The van der Waals surface area contributed by atoms with E-state index in [1.807, 2.05) is 60.7 Å². The fraction of sp³-hybridized carbons (Fsp3) is 0.381. The van der Waals surface area contributed by atoms with Crippen LogP contribution in [-0.2, 0) is 22.6 Å². The fourth-order valence-corrected chi connectivity index (χ4v) is 3.23. The first-order valence-corrected chi connectivity index (χ1v) is 9.53. The molecule has 0 saturated carbocycles. The normalized spacial score (nSPS) is 21.1. The number of aliphatic hydroxyl groups is 1. The van der Waals surface area contributed by atoms with Crippen molar-refractivity contribution in [3.05, 3.63) is 82.2 Å². The molecule has 1 saturated heterocycles. The second-order valence-corrected chi connectivity index (χ2v) is 6.90. The quantitative estimate of drug-likeness (QED) is 0.433. The molecule has 1 unspecified atom stereocenters. The summed E-state index contributed by atoms with van der Waals surface area (Å²) in [6.07, 6.45) is -0.939. The standard InChI is InChI=1S/C21H24N4O4/c22-24-23-19-12-11-18(29-20(19)26)14-25(13-16-7-3-1-4-8-16)21(27)28-15-17-9-5-2-6-10-17/h1-10,18-20,26H,11-15H2/t18-,19?,20-/m0/s1. The zero-order valence-electron chi connectivity index (χ0n) is 16.0. The summed E-state index contributed by atoms with van der Waals surface area (Å²) >= 11 is 0. The SMILES string of the molecule is [N-]=[N+]=NC1CC[C@@H](CN(Cc2ccccc2)C(=O)OCc2ccccc2)O[C@@H]1O. The fourth-order valence-electron chi connectivity index (χ4n) is 3.23. The van der Waals surface area contributed by atoms with Gasteiger partial charge in [-0.05, 0) is 29.5 Å². The van der Waals surface area contributed by atoms with E-state index in [4.69, 9.17) is 15.0 Å². The van der Waals surface area contributed by atoms with E-state index in [9.17, 15) is 9.90 Å². The maximum absolute atomic E-state index is 12.8. The Kier molecular flexibility index (Phi) is 7.47. The summed E-state index contributed by atoms with van der Waals surface area (Å²) in [6, 6.07) is 18.5. The minimum atomic E-state index is -1.18. The molecule has 0 radical (unpaired) electrons. The van der Waals surface area contributed by atoms with E-state index in [-0.39, 0.29) is 19.3 Å². The smallest absolute Gasteiger partial charge is 0.410 e. The zero-order valence-corrected chi connectivity index (χ0v) is 16.0. The number of benzene rings is 2. The highest BCUT2D eigenvalue weighted by Crippen LogP contribution is 2.22. The van der Waals surface area contributed by atoms with Gasteiger partial charge in [0.2, 0.25) is 0 Å². The van der Waals surface area contributed by atoms with Gasteiger partial charge in [0.1, 0.15) is 6.61 Å². The summed E-state index contributed by atoms with van der Waals surface area (Å²) in [5, 5.41) is 13.6. The summed E-state index contributed by atoms with van der Waals surface area (Å²) in [5.41, 5.74) is 10.4. The van der Waals surface area contributed by atoms with E-state index >= 15 is 0 Å². The first-order valence-electron chi connectivity index (χ1n) is 9.53. The predicted molar refractivity (Wildman–Crippen MR) is 107 cm³/mol. The molecular weight excluding hydrogens is 372 g/mol. The summed E-state index contributed by atoms with van der Waals surface area (Å²) in [6.45, 7) is 0.810. The second-order valence-electron chi connectivity index (χ2n) is 6.90. The van der Waals surface area contributed by atoms with Crippen LogP contribution in [0.1, 0.15) is 24.0 Å². The number of azide groups is 1. The van der Waals surface area contributed by atoms with Crippen molar-refractivity contribution in [3.8, 4) is 0 Å². The molecule has 1 aliphatic heterocycles. The third kappa shape index (κ3) is 6.22. The van der Waals surface area contributed by atoms with Crippen molar-refractivity contribution in [2.45, 2.75) is 44.4 Å². The van der Waals surface area contributed by atoms with E-state index < -0.39 is 18.4 Å². The molecule has 1 heterocycles. The van der Waals surface area contributed by atoms with E-state index in [0.29, 0.717) is 19.4 Å². The molecule has 1 aliphatic rings. The van der Waals surface area contributed by atoms with Crippen LogP contribution in [-0.4, -0.2) is 41.1 Å². The van der Waals surface area contributed by atoms with E-state index in [1.165, 1.54) is 0 Å². The van der Waals surface area contributed by atoms with Gasteiger partial charge < -0.3 is 19.5 Å². The van der Waals surface area contributed by atoms with Crippen LogP contribution in [0.25, 0.3) is 10.4 Å². The van der Waals surface area contributed by atoms with Crippen LogP contribution >= 0.6 is 0 Å². The van der Waals surface area contributed by atoms with Crippen molar-refractivity contribution in [1.82, 2.24) is 4.90 Å². The molecule has 3 atom stereocenters. The van der Waals surface area contributed by atoms with Crippen LogP contribution < -0.4 is 0 Å². The zero-order chi connectivity index (χ0) is 20.5. The van der Waals surface area contributed by atoms with Crippen LogP contribution in [0, 0.1) is 0 Å². The van der Waals surface area contributed by atoms with Crippen LogP contribution in [0.5, 0.6) is 0 Å². The van der Waals surface area contributed by atoms with E-state index in [2.05, 4.69) is 10.0 Å². The lowest BCUT2D eigenvalue weighted by Gasteiger charge is -2.34. The van der Waals surface area contributed by atoms with Gasteiger partial charge in [-0.1, -0.05) is 65.8 Å². The van der Waals surface area contributed by atoms with Gasteiger partial charge in [0.15, 0.2) is 6.29 Å². The van der Waals surface area contributed by atoms with Crippen LogP contribution in [0.3, 0.4) is 0 Å². The minimum Gasteiger partial charge on any atom is -0.445 e. The van der Waals surface area contributed by atoms with Gasteiger partial charge in [-0.15, -0.1) is 0 Å². The first kappa shape index (κ1) is 20.7. The van der Waals surface area contributed by atoms with Crippen molar-refractivity contribution in [3.63, 3.8) is 0 Å². The van der Waals surface area contributed by atoms with Gasteiger partial charge in [-0.2, -0.15) is 0 Å². The van der Waals surface area contributed by atoms with Crippen LogP contribution in [0.2, 0.25) is 0 Å². The molecule has 8 nitrogen and oxygen atoms in total. The molecular formula is C21H24N4O4. The monoisotopic (exact) mass is 396 g/mol. The van der Waals surface area contributed by atoms with Crippen molar-refractivity contribution in [1.29, 1.82) is 0 Å². The molecule has 29 heavy (non-hydrogen) atoms. The Morgan fingerprint density at radius 1 is 1.14 bits per heavy atom. The molecule has 2 aromatic rings. The first-order chi connectivity index (χ1) is 14.2. The summed E-state index contributed by atoms with van der Waals surface area (Å²) in [4.78, 5) is 17.1. The van der Waals surface area contributed by atoms with Gasteiger partial charge in [-0.25, -0.2) is 4.79 Å². The molecule has 0 aliphatic carbocycles. The Morgan fingerprint density at radius 3 is 2.41 bits per heavy atom. The van der Waals surface area contributed by atoms with Crippen molar-refractivity contribution < 1.29 is 19.4 Å². The molecule has 1 N–H and O–H groups in total.